The summed E-state index contributed by atoms with van der Waals surface area (Å²) in [6, 6.07) is 15.3. The lowest BCUT2D eigenvalue weighted by Gasteiger charge is -2.12. The van der Waals surface area contributed by atoms with E-state index in [-0.39, 0.29) is 10.5 Å². The first-order valence-electron chi connectivity index (χ1n) is 7.86. The molecule has 1 heterocycles. The molecule has 0 saturated heterocycles. The predicted molar refractivity (Wildman–Crippen MR) is 99.6 cm³/mol. The van der Waals surface area contributed by atoms with Gasteiger partial charge < -0.3 is 9.72 Å². The molecule has 0 aliphatic heterocycles. The molecule has 0 atom stereocenters. The largest absolute Gasteiger partial charge is 0.465 e. The van der Waals surface area contributed by atoms with Crippen molar-refractivity contribution in [3.8, 4) is 11.3 Å². The van der Waals surface area contributed by atoms with Gasteiger partial charge in [-0.1, -0.05) is 18.2 Å². The molecule has 0 radical (unpaired) electrons. The summed E-state index contributed by atoms with van der Waals surface area (Å²) in [5.74, 6) is -0.586. The molecule has 0 bridgehead atoms. The second-order valence-corrected chi connectivity index (χ2v) is 7.39. The lowest BCUT2D eigenvalue weighted by Crippen LogP contribution is -2.15. The van der Waals surface area contributed by atoms with Gasteiger partial charge in [0.2, 0.25) is 0 Å². The van der Waals surface area contributed by atoms with Crippen LogP contribution in [0.2, 0.25) is 0 Å². The monoisotopic (exact) mass is 370 g/mol. The Morgan fingerprint density at radius 1 is 1.08 bits per heavy atom. The van der Waals surface area contributed by atoms with Crippen molar-refractivity contribution in [3.63, 3.8) is 0 Å². The molecule has 1 aromatic heterocycles. The van der Waals surface area contributed by atoms with E-state index < -0.39 is 16.0 Å². The van der Waals surface area contributed by atoms with Crippen LogP contribution in [0.15, 0.2) is 65.7 Å². The number of carbonyl (C=O) groups excluding carboxylic acids is 1. The van der Waals surface area contributed by atoms with Crippen LogP contribution in [0.4, 0.5) is 5.69 Å². The van der Waals surface area contributed by atoms with E-state index in [4.69, 9.17) is 0 Å². The molecule has 26 heavy (non-hydrogen) atoms. The van der Waals surface area contributed by atoms with Crippen LogP contribution in [0, 0.1) is 6.92 Å². The number of methoxy groups -OCH3 is 1. The van der Waals surface area contributed by atoms with Gasteiger partial charge in [-0.2, -0.15) is 0 Å². The van der Waals surface area contributed by atoms with Crippen LogP contribution < -0.4 is 4.72 Å². The second-order valence-electron chi connectivity index (χ2n) is 5.74. The van der Waals surface area contributed by atoms with Crippen molar-refractivity contribution in [3.05, 3.63) is 71.9 Å². The lowest BCUT2D eigenvalue weighted by molar-refractivity contribution is 0.0600. The highest BCUT2D eigenvalue weighted by molar-refractivity contribution is 7.92. The molecule has 0 amide bonds. The third kappa shape index (κ3) is 3.62. The van der Waals surface area contributed by atoms with Gasteiger partial charge in [0.15, 0.2) is 0 Å². The van der Waals surface area contributed by atoms with Gasteiger partial charge in [-0.3, -0.25) is 4.72 Å². The average Bonchev–Trinajstić information content (AvgIpc) is 3.16. The minimum atomic E-state index is -3.84. The molecular formula is C19H18N2O4S. The Kier molecular flexibility index (Phi) is 4.81. The number of sulfonamides is 1. The van der Waals surface area contributed by atoms with Gasteiger partial charge in [0.1, 0.15) is 0 Å². The van der Waals surface area contributed by atoms with Crippen molar-refractivity contribution in [1.29, 1.82) is 0 Å². The first-order valence-corrected chi connectivity index (χ1v) is 9.34. The van der Waals surface area contributed by atoms with Crippen molar-refractivity contribution in [2.75, 3.05) is 11.8 Å². The van der Waals surface area contributed by atoms with Crippen molar-refractivity contribution < 1.29 is 17.9 Å². The van der Waals surface area contributed by atoms with E-state index in [0.717, 1.165) is 11.3 Å². The zero-order valence-electron chi connectivity index (χ0n) is 14.3. The molecule has 2 N–H and O–H groups in total. The number of hydrogen-bond donors (Lipinski definition) is 2. The number of aryl methyl sites for hydroxylation is 1. The fourth-order valence-corrected chi connectivity index (χ4v) is 3.90. The topological polar surface area (TPSA) is 88.3 Å². The van der Waals surface area contributed by atoms with E-state index in [1.807, 2.05) is 30.5 Å². The van der Waals surface area contributed by atoms with Crippen LogP contribution in [-0.2, 0) is 14.8 Å². The first-order chi connectivity index (χ1) is 12.4. The molecule has 134 valence electrons. The number of ether oxygens (including phenoxy) is 1. The maximum absolute atomic E-state index is 12.7. The fourth-order valence-electron chi connectivity index (χ4n) is 2.57. The normalized spacial score (nSPS) is 11.2. The Morgan fingerprint density at radius 2 is 1.81 bits per heavy atom. The SMILES string of the molecule is COC(=O)c1ccc(C)c(S(=O)(=O)Nc2ccc(-c3ccc[nH]3)cc2)c1. The van der Waals surface area contributed by atoms with Crippen molar-refractivity contribution in [1.82, 2.24) is 4.98 Å². The van der Waals surface area contributed by atoms with Gasteiger partial charge in [0, 0.05) is 17.6 Å². The highest BCUT2D eigenvalue weighted by Crippen LogP contribution is 2.24. The van der Waals surface area contributed by atoms with Gasteiger partial charge in [0.25, 0.3) is 10.0 Å². The highest BCUT2D eigenvalue weighted by atomic mass is 32.2. The molecule has 2 aromatic carbocycles. The van der Waals surface area contributed by atoms with Crippen LogP contribution in [0.3, 0.4) is 0 Å². The molecule has 0 saturated carbocycles. The number of aromatic nitrogens is 1. The van der Waals surface area contributed by atoms with Crippen LogP contribution >= 0.6 is 0 Å². The zero-order valence-corrected chi connectivity index (χ0v) is 15.1. The molecule has 3 rings (SSSR count). The zero-order chi connectivity index (χ0) is 18.7. The summed E-state index contributed by atoms with van der Waals surface area (Å²) in [7, 11) is -2.59. The highest BCUT2D eigenvalue weighted by Gasteiger charge is 2.19. The molecule has 0 fully saturated rings. The van der Waals surface area contributed by atoms with Gasteiger partial charge in [-0.15, -0.1) is 0 Å². The van der Waals surface area contributed by atoms with Gasteiger partial charge in [-0.25, -0.2) is 13.2 Å². The quantitative estimate of drug-likeness (QED) is 0.672. The Bertz CT molecular complexity index is 1020. The number of benzene rings is 2. The van der Waals surface area contributed by atoms with E-state index in [1.54, 1.807) is 25.1 Å². The van der Waals surface area contributed by atoms with Crippen LogP contribution in [0.5, 0.6) is 0 Å². The molecule has 6 nitrogen and oxygen atoms in total. The Labute approximate surface area is 151 Å². The smallest absolute Gasteiger partial charge is 0.337 e. The number of anilines is 1. The number of aromatic amines is 1. The lowest BCUT2D eigenvalue weighted by atomic mass is 10.1. The summed E-state index contributed by atoms with van der Waals surface area (Å²) < 4.78 is 32.7. The minimum Gasteiger partial charge on any atom is -0.465 e. The standard InChI is InChI=1S/C19H18N2O4S/c1-13-5-6-15(19(22)25-2)12-18(13)26(23,24)21-16-9-7-14(8-10-16)17-4-3-11-20-17/h3-12,20-21H,1-2H3. The number of esters is 1. The van der Waals surface area contributed by atoms with Crippen molar-refractivity contribution >= 4 is 21.7 Å². The van der Waals surface area contributed by atoms with Crippen LogP contribution in [0.25, 0.3) is 11.3 Å². The molecule has 0 spiro atoms. The summed E-state index contributed by atoms with van der Waals surface area (Å²) in [6.45, 7) is 1.67. The molecule has 0 aliphatic carbocycles. The van der Waals surface area contributed by atoms with E-state index in [2.05, 4.69) is 14.4 Å². The van der Waals surface area contributed by atoms with Gasteiger partial charge >= 0.3 is 5.97 Å². The number of carbonyl (C=O) groups is 1. The van der Waals surface area contributed by atoms with Crippen LogP contribution in [0.1, 0.15) is 15.9 Å². The predicted octanol–water partition coefficient (Wildman–Crippen LogP) is 3.58. The molecule has 7 heteroatoms. The number of hydrogen-bond acceptors (Lipinski definition) is 4. The fraction of sp³-hybridized carbons (Fsp3) is 0.105. The summed E-state index contributed by atoms with van der Waals surface area (Å²) in [5.41, 5.74) is 3.04. The first kappa shape index (κ1) is 17.8. The summed E-state index contributed by atoms with van der Waals surface area (Å²) >= 11 is 0. The van der Waals surface area contributed by atoms with Crippen LogP contribution in [-0.4, -0.2) is 26.5 Å². The average molecular weight is 370 g/mol. The Hall–Kier alpha value is -3.06. The van der Waals surface area contributed by atoms with Crippen molar-refractivity contribution in [2.24, 2.45) is 0 Å². The van der Waals surface area contributed by atoms with E-state index in [1.165, 1.54) is 19.2 Å². The maximum atomic E-state index is 12.7. The third-order valence-corrected chi connectivity index (χ3v) is 5.47. The number of nitrogens with one attached hydrogen (secondary N) is 2. The second kappa shape index (κ2) is 7.05. The molecular weight excluding hydrogens is 352 g/mol. The molecule has 0 aliphatic rings. The number of rotatable bonds is 5. The third-order valence-electron chi connectivity index (χ3n) is 3.94. The number of H-pyrrole nitrogens is 1. The van der Waals surface area contributed by atoms with E-state index in [9.17, 15) is 13.2 Å². The minimum absolute atomic E-state index is 0.0360. The summed E-state index contributed by atoms with van der Waals surface area (Å²) in [6.07, 6.45) is 1.82. The Morgan fingerprint density at radius 3 is 2.42 bits per heavy atom. The van der Waals surface area contributed by atoms with Crippen molar-refractivity contribution in [2.45, 2.75) is 11.8 Å². The van der Waals surface area contributed by atoms with Gasteiger partial charge in [0.05, 0.1) is 17.6 Å². The Balaban J connectivity index is 1.88. The molecule has 3 aromatic rings. The van der Waals surface area contributed by atoms with Gasteiger partial charge in [-0.05, 0) is 54.4 Å². The summed E-state index contributed by atoms with van der Waals surface area (Å²) in [5, 5.41) is 0. The van der Waals surface area contributed by atoms with E-state index in [0.29, 0.717) is 11.3 Å². The summed E-state index contributed by atoms with van der Waals surface area (Å²) in [4.78, 5) is 14.8. The molecule has 0 unspecified atom stereocenters. The maximum Gasteiger partial charge on any atom is 0.337 e. The van der Waals surface area contributed by atoms with E-state index >= 15 is 0 Å².